The van der Waals surface area contributed by atoms with Crippen molar-refractivity contribution in [3.8, 4) is 5.75 Å². The predicted octanol–water partition coefficient (Wildman–Crippen LogP) is 9.30. The van der Waals surface area contributed by atoms with E-state index in [4.69, 9.17) is 4.74 Å². The lowest BCUT2D eigenvalue weighted by Crippen LogP contribution is -2.21. The van der Waals surface area contributed by atoms with Crippen molar-refractivity contribution in [2.45, 2.75) is 33.6 Å². The zero-order valence-corrected chi connectivity index (χ0v) is 22.7. The molecule has 192 valence electrons. The molecule has 0 aliphatic heterocycles. The van der Waals surface area contributed by atoms with Crippen LogP contribution in [-0.4, -0.2) is 30.8 Å². The smallest absolute Gasteiger partial charge is 0.341 e. The number of phenols is 1. The number of anilines is 1. The molecule has 2 heterocycles. The number of thiophene rings is 2. The summed E-state index contributed by atoms with van der Waals surface area (Å²) in [5.41, 5.74) is 2.55. The number of aromatic hydroxyl groups is 1. The number of fused-ring (bicyclic) bond motifs is 1. The number of carbonyl (C=O) groups is 1. The first kappa shape index (κ1) is 26.4. The molecule has 2 aromatic carbocycles. The molecule has 0 atom stereocenters. The number of esters is 1. The van der Waals surface area contributed by atoms with Crippen LogP contribution in [0, 0.1) is 0 Å². The third-order valence-corrected chi connectivity index (χ3v) is 7.68. The molecule has 0 saturated carbocycles. The van der Waals surface area contributed by atoms with Crippen LogP contribution in [0.1, 0.15) is 44.0 Å². The van der Waals surface area contributed by atoms with E-state index < -0.39 is 5.97 Å². The molecule has 0 bridgehead atoms. The van der Waals surface area contributed by atoms with Crippen LogP contribution >= 0.6 is 22.7 Å². The molecule has 0 fully saturated rings. The fourth-order valence-corrected chi connectivity index (χ4v) is 5.61. The number of azo groups is 2. The maximum atomic E-state index is 12.1. The van der Waals surface area contributed by atoms with Gasteiger partial charge in [-0.2, -0.15) is 0 Å². The van der Waals surface area contributed by atoms with E-state index in [1.807, 2.05) is 31.2 Å². The molecule has 0 aliphatic rings. The molecule has 0 unspecified atom stereocenters. The topological polar surface area (TPSA) is 99.2 Å². The number of hydrogen-bond donors (Lipinski definition) is 1. The van der Waals surface area contributed by atoms with Crippen LogP contribution < -0.4 is 4.90 Å². The van der Waals surface area contributed by atoms with Crippen molar-refractivity contribution < 1.29 is 14.6 Å². The van der Waals surface area contributed by atoms with E-state index in [9.17, 15) is 9.90 Å². The maximum absolute atomic E-state index is 12.1. The van der Waals surface area contributed by atoms with Gasteiger partial charge in [0.1, 0.15) is 21.3 Å². The zero-order chi connectivity index (χ0) is 26.2. The Morgan fingerprint density at radius 2 is 1.43 bits per heavy atom. The van der Waals surface area contributed by atoms with E-state index in [0.717, 1.165) is 51.0 Å². The molecular formula is C27H29N5O3S2. The van der Waals surface area contributed by atoms with Crippen molar-refractivity contribution in [3.63, 3.8) is 0 Å². The van der Waals surface area contributed by atoms with Gasteiger partial charge < -0.3 is 14.7 Å². The summed E-state index contributed by atoms with van der Waals surface area (Å²) < 4.78 is 7.26. The third-order valence-electron chi connectivity index (χ3n) is 5.62. The van der Waals surface area contributed by atoms with Gasteiger partial charge in [-0.3, -0.25) is 0 Å². The van der Waals surface area contributed by atoms with E-state index in [0.29, 0.717) is 12.3 Å². The summed E-state index contributed by atoms with van der Waals surface area (Å²) in [6.07, 6.45) is 1.71. The van der Waals surface area contributed by atoms with E-state index in [1.54, 1.807) is 6.07 Å². The molecule has 10 heteroatoms. The Labute approximate surface area is 224 Å². The first-order valence-electron chi connectivity index (χ1n) is 12.2. The summed E-state index contributed by atoms with van der Waals surface area (Å²) >= 11 is 3.04. The summed E-state index contributed by atoms with van der Waals surface area (Å²) in [6, 6.07) is 16.6. The highest BCUT2D eigenvalue weighted by Crippen LogP contribution is 2.42. The highest BCUT2D eigenvalue weighted by Gasteiger charge is 2.13. The normalized spacial score (nSPS) is 11.6. The Balaban J connectivity index is 1.39. The molecule has 0 spiro atoms. The minimum absolute atomic E-state index is 0.119. The van der Waals surface area contributed by atoms with Crippen LogP contribution in [0.3, 0.4) is 0 Å². The Morgan fingerprint density at radius 1 is 0.838 bits per heavy atom. The van der Waals surface area contributed by atoms with Gasteiger partial charge in [0.2, 0.25) is 0 Å². The Bertz CT molecular complexity index is 1370. The second-order valence-corrected chi connectivity index (χ2v) is 10.3. The van der Waals surface area contributed by atoms with E-state index >= 15 is 0 Å². The zero-order valence-electron chi connectivity index (χ0n) is 21.0. The summed E-state index contributed by atoms with van der Waals surface area (Å²) in [5, 5.41) is 29.0. The molecule has 4 aromatic rings. The number of ether oxygens (including phenoxy) is 1. The summed E-state index contributed by atoms with van der Waals surface area (Å²) in [6.45, 7) is 8.57. The maximum Gasteiger partial charge on any atom is 0.341 e. The van der Waals surface area contributed by atoms with Crippen molar-refractivity contribution >= 4 is 65.1 Å². The molecule has 0 aliphatic carbocycles. The number of nitrogens with zero attached hydrogens (tertiary/aromatic N) is 5. The van der Waals surface area contributed by atoms with Crippen LogP contribution in [-0.2, 0) is 4.74 Å². The molecule has 2 aromatic heterocycles. The van der Waals surface area contributed by atoms with Gasteiger partial charge in [-0.25, -0.2) is 4.79 Å². The Hall–Kier alpha value is -3.63. The predicted molar refractivity (Wildman–Crippen MR) is 151 cm³/mol. The number of rotatable bonds is 11. The van der Waals surface area contributed by atoms with Crippen molar-refractivity contribution in [1.29, 1.82) is 0 Å². The largest absolute Gasteiger partial charge is 0.507 e. The standard InChI is InChI=1S/C27H29N5O3S2/c1-4-7-14-35-27(34)21-13-10-19(15-22(21)33)29-31-26-17-24-23(37-26)16-25(36-24)30-28-18-8-11-20(12-9-18)32(5-2)6-3/h8-13,15-17,33H,4-7,14H2,1-3H3. The number of carbonyl (C=O) groups excluding carboxylic acids is 1. The molecule has 8 nitrogen and oxygen atoms in total. The number of phenolic OH excluding ortho intramolecular Hbond substituents is 1. The highest BCUT2D eigenvalue weighted by atomic mass is 32.1. The molecule has 0 radical (unpaired) electrons. The van der Waals surface area contributed by atoms with Gasteiger partial charge in [-0.05, 0) is 68.8 Å². The van der Waals surface area contributed by atoms with Gasteiger partial charge in [-0.15, -0.1) is 43.1 Å². The Kier molecular flexibility index (Phi) is 8.97. The van der Waals surface area contributed by atoms with Gasteiger partial charge in [-0.1, -0.05) is 13.3 Å². The molecule has 1 N–H and O–H groups in total. The second kappa shape index (κ2) is 12.6. The van der Waals surface area contributed by atoms with Crippen LogP contribution in [0.2, 0.25) is 0 Å². The first-order chi connectivity index (χ1) is 18.0. The Morgan fingerprint density at radius 3 is 2.00 bits per heavy atom. The fourth-order valence-electron chi connectivity index (χ4n) is 3.58. The highest BCUT2D eigenvalue weighted by molar-refractivity contribution is 7.31. The monoisotopic (exact) mass is 535 g/mol. The summed E-state index contributed by atoms with van der Waals surface area (Å²) in [5.74, 6) is -0.722. The quantitative estimate of drug-likeness (QED) is 0.117. The lowest BCUT2D eigenvalue weighted by atomic mass is 10.2. The van der Waals surface area contributed by atoms with Crippen LogP contribution in [0.5, 0.6) is 5.75 Å². The SMILES string of the molecule is CCCCOC(=O)c1ccc(N=Nc2cc3sc(N=Nc4ccc(N(CC)CC)cc4)cc3s2)cc1O. The number of unbranched alkanes of at least 4 members (excludes halogenated alkanes) is 1. The molecular weight excluding hydrogens is 506 g/mol. The average Bonchev–Trinajstić information content (AvgIpc) is 3.46. The van der Waals surface area contributed by atoms with E-state index in [2.05, 4.69) is 51.3 Å². The van der Waals surface area contributed by atoms with Gasteiger partial charge >= 0.3 is 5.97 Å². The molecule has 4 rings (SSSR count). The molecule has 0 amide bonds. The third kappa shape index (κ3) is 6.78. The fraction of sp³-hybridized carbons (Fsp3) is 0.296. The minimum Gasteiger partial charge on any atom is -0.507 e. The van der Waals surface area contributed by atoms with Crippen LogP contribution in [0.4, 0.5) is 27.1 Å². The molecule has 0 saturated heterocycles. The van der Waals surface area contributed by atoms with Gasteiger partial charge in [0, 0.05) is 34.2 Å². The summed E-state index contributed by atoms with van der Waals surface area (Å²) in [7, 11) is 0. The van der Waals surface area contributed by atoms with Crippen molar-refractivity contribution in [2.75, 3.05) is 24.6 Å². The lowest BCUT2D eigenvalue weighted by Gasteiger charge is -2.20. The second-order valence-electron chi connectivity index (χ2n) is 8.18. The first-order valence-corrected chi connectivity index (χ1v) is 13.9. The molecule has 37 heavy (non-hydrogen) atoms. The van der Waals surface area contributed by atoms with Gasteiger partial charge in [0.25, 0.3) is 0 Å². The van der Waals surface area contributed by atoms with Gasteiger partial charge in [0.15, 0.2) is 0 Å². The summed E-state index contributed by atoms with van der Waals surface area (Å²) in [4.78, 5) is 14.4. The minimum atomic E-state index is -0.544. The van der Waals surface area contributed by atoms with Crippen molar-refractivity contribution in [1.82, 2.24) is 0 Å². The average molecular weight is 536 g/mol. The number of benzene rings is 2. The van der Waals surface area contributed by atoms with Gasteiger partial charge in [0.05, 0.1) is 18.0 Å². The van der Waals surface area contributed by atoms with Crippen LogP contribution in [0.15, 0.2) is 75.1 Å². The van der Waals surface area contributed by atoms with Crippen LogP contribution in [0.25, 0.3) is 9.40 Å². The van der Waals surface area contributed by atoms with Crippen molar-refractivity contribution in [2.24, 2.45) is 20.5 Å². The number of hydrogen-bond acceptors (Lipinski definition) is 10. The van der Waals surface area contributed by atoms with E-state index in [1.165, 1.54) is 40.5 Å². The van der Waals surface area contributed by atoms with E-state index in [-0.39, 0.29) is 11.3 Å². The lowest BCUT2D eigenvalue weighted by molar-refractivity contribution is 0.0496. The van der Waals surface area contributed by atoms with Crippen molar-refractivity contribution in [3.05, 3.63) is 60.2 Å².